The summed E-state index contributed by atoms with van der Waals surface area (Å²) in [5, 5.41) is 1.11. The molecule has 0 radical (unpaired) electrons. The monoisotopic (exact) mass is 472 g/mol. The van der Waals surface area contributed by atoms with Crippen LogP contribution in [0.5, 0.6) is 0 Å². The van der Waals surface area contributed by atoms with Crippen molar-refractivity contribution in [2.45, 2.75) is 19.9 Å². The number of carbonyl (C=O) groups excluding carboxylic acids is 1. The number of rotatable bonds is 4. The Labute approximate surface area is 192 Å². The van der Waals surface area contributed by atoms with E-state index >= 15 is 0 Å². The lowest BCUT2D eigenvalue weighted by Gasteiger charge is -2.24. The van der Waals surface area contributed by atoms with Crippen LogP contribution in [0, 0.1) is 0 Å². The van der Waals surface area contributed by atoms with Gasteiger partial charge in [0.05, 0.1) is 28.5 Å². The molecular formula is C23H18Cl2N2O3S. The molecule has 158 valence electrons. The molecule has 2 heterocycles. The number of hydrogen-bond acceptors (Lipinski definition) is 5. The number of halogens is 2. The Kier molecular flexibility index (Phi) is 6.14. The molecule has 1 atom stereocenters. The van der Waals surface area contributed by atoms with E-state index in [0.29, 0.717) is 30.6 Å². The molecule has 0 aliphatic carbocycles. The molecule has 0 saturated carbocycles. The van der Waals surface area contributed by atoms with Crippen LogP contribution in [0.15, 0.2) is 69.6 Å². The summed E-state index contributed by atoms with van der Waals surface area (Å²) in [5.74, 6) is -0.496. The SMILES string of the molecule is CCOC(=O)C1=C(C)N=c2s/c(=C/c3ccccc3Cl)c(=O)n2C1c1ccc(Cl)cc1. The molecule has 5 nitrogen and oxygen atoms in total. The number of thiazole rings is 1. The minimum absolute atomic E-state index is 0.222. The van der Waals surface area contributed by atoms with E-state index in [-0.39, 0.29) is 12.2 Å². The molecule has 1 unspecified atom stereocenters. The van der Waals surface area contributed by atoms with Crippen LogP contribution in [0.3, 0.4) is 0 Å². The van der Waals surface area contributed by atoms with E-state index in [1.165, 1.54) is 15.9 Å². The predicted octanol–water partition coefficient (Wildman–Crippen LogP) is 4.11. The van der Waals surface area contributed by atoms with Gasteiger partial charge in [-0.3, -0.25) is 9.36 Å². The van der Waals surface area contributed by atoms with Crippen molar-refractivity contribution in [2.24, 2.45) is 4.99 Å². The van der Waals surface area contributed by atoms with E-state index in [4.69, 9.17) is 27.9 Å². The third-order valence-electron chi connectivity index (χ3n) is 4.89. The maximum absolute atomic E-state index is 13.5. The molecule has 0 fully saturated rings. The summed E-state index contributed by atoms with van der Waals surface area (Å²) in [7, 11) is 0. The minimum atomic E-state index is -0.666. The van der Waals surface area contributed by atoms with Gasteiger partial charge in [-0.2, -0.15) is 0 Å². The number of ether oxygens (including phenoxy) is 1. The Bertz CT molecular complexity index is 1370. The second-order valence-corrected chi connectivity index (χ2v) is 8.73. The summed E-state index contributed by atoms with van der Waals surface area (Å²) in [6.45, 7) is 3.71. The van der Waals surface area contributed by atoms with E-state index in [1.54, 1.807) is 50.3 Å². The van der Waals surface area contributed by atoms with Gasteiger partial charge in [0.2, 0.25) is 0 Å². The highest BCUT2D eigenvalue weighted by atomic mass is 35.5. The molecule has 3 aromatic rings. The van der Waals surface area contributed by atoms with Crippen molar-refractivity contribution in [1.29, 1.82) is 0 Å². The molecule has 31 heavy (non-hydrogen) atoms. The Morgan fingerprint density at radius 3 is 2.58 bits per heavy atom. The Morgan fingerprint density at radius 1 is 1.19 bits per heavy atom. The number of hydrogen-bond donors (Lipinski definition) is 0. The van der Waals surface area contributed by atoms with Crippen molar-refractivity contribution in [3.05, 3.63) is 101 Å². The van der Waals surface area contributed by atoms with Crippen LogP contribution >= 0.6 is 34.5 Å². The maximum atomic E-state index is 13.5. The van der Waals surface area contributed by atoms with Gasteiger partial charge < -0.3 is 4.74 Å². The van der Waals surface area contributed by atoms with Crippen molar-refractivity contribution in [3.8, 4) is 0 Å². The lowest BCUT2D eigenvalue weighted by molar-refractivity contribution is -0.139. The summed E-state index contributed by atoms with van der Waals surface area (Å²) >= 11 is 13.6. The van der Waals surface area contributed by atoms with Crippen molar-refractivity contribution < 1.29 is 9.53 Å². The van der Waals surface area contributed by atoms with Crippen LogP contribution in [-0.4, -0.2) is 17.1 Å². The van der Waals surface area contributed by atoms with Crippen LogP contribution in [0.4, 0.5) is 0 Å². The second kappa shape index (κ2) is 8.83. The first kappa shape index (κ1) is 21.6. The smallest absolute Gasteiger partial charge is 0.338 e. The molecule has 8 heteroatoms. The van der Waals surface area contributed by atoms with Crippen molar-refractivity contribution in [3.63, 3.8) is 0 Å². The lowest BCUT2D eigenvalue weighted by Crippen LogP contribution is -2.39. The van der Waals surface area contributed by atoms with Crippen molar-refractivity contribution in [1.82, 2.24) is 4.57 Å². The minimum Gasteiger partial charge on any atom is -0.463 e. The van der Waals surface area contributed by atoms with E-state index in [1.807, 2.05) is 18.2 Å². The van der Waals surface area contributed by atoms with Gasteiger partial charge in [-0.1, -0.05) is 64.9 Å². The fourth-order valence-corrected chi connectivity index (χ4v) is 4.84. The van der Waals surface area contributed by atoms with Gasteiger partial charge in [0.1, 0.15) is 0 Å². The zero-order valence-corrected chi connectivity index (χ0v) is 19.1. The van der Waals surface area contributed by atoms with Gasteiger partial charge in [-0.05, 0) is 49.2 Å². The number of benzene rings is 2. The summed E-state index contributed by atoms with van der Waals surface area (Å²) in [6, 6.07) is 13.7. The zero-order valence-electron chi connectivity index (χ0n) is 16.8. The van der Waals surface area contributed by atoms with Gasteiger partial charge >= 0.3 is 5.97 Å². The zero-order chi connectivity index (χ0) is 22.1. The van der Waals surface area contributed by atoms with E-state index in [2.05, 4.69) is 4.99 Å². The normalized spacial score (nSPS) is 16.1. The third-order valence-corrected chi connectivity index (χ3v) is 6.47. The van der Waals surface area contributed by atoms with Gasteiger partial charge in [0.25, 0.3) is 5.56 Å². The lowest BCUT2D eigenvalue weighted by atomic mass is 9.96. The molecule has 0 bridgehead atoms. The van der Waals surface area contributed by atoms with Crippen molar-refractivity contribution >= 4 is 46.6 Å². The first-order valence-electron chi connectivity index (χ1n) is 9.60. The number of nitrogens with zero attached hydrogens (tertiary/aromatic N) is 2. The molecule has 0 amide bonds. The Hall–Kier alpha value is -2.67. The first-order chi connectivity index (χ1) is 14.9. The van der Waals surface area contributed by atoms with Crippen LogP contribution < -0.4 is 14.9 Å². The summed E-state index contributed by atoms with van der Waals surface area (Å²) in [4.78, 5) is 31.3. The van der Waals surface area contributed by atoms with Crippen LogP contribution in [0.25, 0.3) is 6.08 Å². The second-order valence-electron chi connectivity index (χ2n) is 6.88. The topological polar surface area (TPSA) is 60.7 Å². The third kappa shape index (κ3) is 4.11. The highest BCUT2D eigenvalue weighted by molar-refractivity contribution is 7.07. The number of carbonyl (C=O) groups is 1. The standard InChI is InChI=1S/C23H18Cl2N2O3S/c1-3-30-22(29)19-13(2)26-23-27(20(19)14-8-10-16(24)11-9-14)21(28)18(31-23)12-15-6-4-5-7-17(15)25/h4-12,20H,3H2,1-2H3/b18-12+. The fourth-order valence-electron chi connectivity index (χ4n) is 3.49. The quantitative estimate of drug-likeness (QED) is 0.536. The molecule has 0 spiro atoms. The van der Waals surface area contributed by atoms with Crippen LogP contribution in [0.2, 0.25) is 10.0 Å². The maximum Gasteiger partial charge on any atom is 0.338 e. The Balaban J connectivity index is 1.97. The molecular weight excluding hydrogens is 455 g/mol. The molecule has 2 aromatic carbocycles. The molecule has 1 aliphatic rings. The predicted molar refractivity (Wildman–Crippen MR) is 123 cm³/mol. The average Bonchev–Trinajstić information content (AvgIpc) is 3.04. The van der Waals surface area contributed by atoms with E-state index < -0.39 is 12.0 Å². The summed E-state index contributed by atoms with van der Waals surface area (Å²) < 4.78 is 7.29. The number of aromatic nitrogens is 1. The first-order valence-corrected chi connectivity index (χ1v) is 11.2. The number of allylic oxidation sites excluding steroid dienone is 1. The summed E-state index contributed by atoms with van der Waals surface area (Å²) in [5.41, 5.74) is 2.08. The van der Waals surface area contributed by atoms with Gasteiger partial charge in [0.15, 0.2) is 4.80 Å². The fraction of sp³-hybridized carbons (Fsp3) is 0.174. The average molecular weight is 473 g/mol. The van der Waals surface area contributed by atoms with Crippen LogP contribution in [-0.2, 0) is 9.53 Å². The molecule has 0 N–H and O–H groups in total. The summed E-state index contributed by atoms with van der Waals surface area (Å²) in [6.07, 6.45) is 1.74. The molecule has 1 aliphatic heterocycles. The van der Waals surface area contributed by atoms with E-state index in [0.717, 1.165) is 11.1 Å². The molecule has 4 rings (SSSR count). The molecule has 0 saturated heterocycles. The van der Waals surface area contributed by atoms with Gasteiger partial charge in [-0.15, -0.1) is 0 Å². The molecule has 1 aromatic heterocycles. The van der Waals surface area contributed by atoms with Gasteiger partial charge in [-0.25, -0.2) is 9.79 Å². The Morgan fingerprint density at radius 2 is 1.90 bits per heavy atom. The number of fused-ring (bicyclic) bond motifs is 1. The van der Waals surface area contributed by atoms with Gasteiger partial charge in [0, 0.05) is 10.0 Å². The highest BCUT2D eigenvalue weighted by Crippen LogP contribution is 2.31. The van der Waals surface area contributed by atoms with Crippen LogP contribution in [0.1, 0.15) is 31.0 Å². The largest absolute Gasteiger partial charge is 0.463 e. The highest BCUT2D eigenvalue weighted by Gasteiger charge is 2.33. The van der Waals surface area contributed by atoms with E-state index in [9.17, 15) is 9.59 Å². The van der Waals surface area contributed by atoms with Crippen molar-refractivity contribution in [2.75, 3.05) is 6.61 Å². The number of esters is 1.